The summed E-state index contributed by atoms with van der Waals surface area (Å²) in [5.74, 6) is -1.28. The Kier molecular flexibility index (Phi) is 5.27. The molecule has 2 aromatic carbocycles. The van der Waals surface area contributed by atoms with Crippen LogP contribution in [0.15, 0.2) is 53.1 Å². The number of hydrogen-bond acceptors (Lipinski definition) is 5. The maximum Gasteiger partial charge on any atom is 0.311 e. The highest BCUT2D eigenvalue weighted by Crippen LogP contribution is 2.29. The number of aryl methyl sites for hydroxylation is 1. The number of para-hydroxylation sites is 2. The Morgan fingerprint density at radius 3 is 2.83 bits per heavy atom. The fraction of sp³-hybridized carbons (Fsp3) is 0.261. The molecule has 4 rings (SSSR count). The first-order chi connectivity index (χ1) is 14.5. The number of furan rings is 1. The Morgan fingerprint density at radius 1 is 1.23 bits per heavy atom. The van der Waals surface area contributed by atoms with Crippen LogP contribution in [0.25, 0.3) is 11.0 Å². The Labute approximate surface area is 173 Å². The third kappa shape index (κ3) is 3.78. The van der Waals surface area contributed by atoms with E-state index in [2.05, 4.69) is 12.2 Å². The standard InChI is InChI=1S/C23H22N2O5/c1-3-15-8-9-17-16(13-29-20(17)10-15)11-22(27)30-14(2)23(28)25-12-21(26)24-18-6-4-5-7-19(18)25/h4-10,13-14H,3,11-12H2,1-2H3,(H,24,26)/t14-/m0/s1. The number of benzene rings is 2. The maximum absolute atomic E-state index is 12.9. The van der Waals surface area contributed by atoms with E-state index in [-0.39, 0.29) is 18.9 Å². The minimum Gasteiger partial charge on any atom is -0.464 e. The SMILES string of the molecule is CCc1ccc2c(CC(=O)O[C@@H](C)C(=O)N3CC(=O)Nc4ccccc43)coc2c1. The lowest BCUT2D eigenvalue weighted by Gasteiger charge is -2.30. The highest BCUT2D eigenvalue weighted by atomic mass is 16.5. The number of carbonyl (C=O) groups is 3. The van der Waals surface area contributed by atoms with Crippen LogP contribution in [0.1, 0.15) is 25.0 Å². The molecule has 30 heavy (non-hydrogen) atoms. The molecule has 0 unspecified atom stereocenters. The average molecular weight is 406 g/mol. The minimum absolute atomic E-state index is 0.00678. The summed E-state index contributed by atoms with van der Waals surface area (Å²) < 4.78 is 10.9. The fourth-order valence-corrected chi connectivity index (χ4v) is 3.58. The molecular weight excluding hydrogens is 384 g/mol. The van der Waals surface area contributed by atoms with Crippen molar-refractivity contribution in [1.29, 1.82) is 0 Å². The Morgan fingerprint density at radius 2 is 2.03 bits per heavy atom. The number of nitrogens with one attached hydrogen (secondary N) is 1. The highest BCUT2D eigenvalue weighted by Gasteiger charge is 2.31. The molecule has 3 aromatic rings. The first kappa shape index (κ1) is 19.7. The van der Waals surface area contributed by atoms with Crippen LogP contribution >= 0.6 is 0 Å². The van der Waals surface area contributed by atoms with Gasteiger partial charge in [-0.1, -0.05) is 31.2 Å². The van der Waals surface area contributed by atoms with Gasteiger partial charge in [0.05, 0.1) is 24.1 Å². The predicted molar refractivity (Wildman–Crippen MR) is 112 cm³/mol. The molecule has 1 aromatic heterocycles. The monoisotopic (exact) mass is 406 g/mol. The maximum atomic E-state index is 12.9. The van der Waals surface area contributed by atoms with Gasteiger partial charge >= 0.3 is 5.97 Å². The van der Waals surface area contributed by atoms with Gasteiger partial charge in [-0.2, -0.15) is 0 Å². The van der Waals surface area contributed by atoms with E-state index in [4.69, 9.17) is 9.15 Å². The van der Waals surface area contributed by atoms with Gasteiger partial charge in [-0.15, -0.1) is 0 Å². The summed E-state index contributed by atoms with van der Waals surface area (Å²) in [6, 6.07) is 12.9. The quantitative estimate of drug-likeness (QED) is 0.656. The van der Waals surface area contributed by atoms with E-state index >= 15 is 0 Å². The van der Waals surface area contributed by atoms with Gasteiger partial charge < -0.3 is 14.5 Å². The smallest absolute Gasteiger partial charge is 0.311 e. The van der Waals surface area contributed by atoms with E-state index in [1.807, 2.05) is 18.2 Å². The number of rotatable bonds is 5. The molecule has 2 heterocycles. The van der Waals surface area contributed by atoms with E-state index in [1.165, 1.54) is 11.8 Å². The molecule has 7 nitrogen and oxygen atoms in total. The van der Waals surface area contributed by atoms with Crippen molar-refractivity contribution >= 4 is 40.1 Å². The van der Waals surface area contributed by atoms with Crippen LogP contribution in [-0.2, 0) is 32.0 Å². The van der Waals surface area contributed by atoms with Crippen molar-refractivity contribution in [3.63, 3.8) is 0 Å². The summed E-state index contributed by atoms with van der Waals surface area (Å²) in [5.41, 5.74) is 3.71. The molecule has 1 N–H and O–H groups in total. The average Bonchev–Trinajstić information content (AvgIpc) is 3.14. The zero-order valence-corrected chi connectivity index (χ0v) is 16.8. The van der Waals surface area contributed by atoms with Crippen LogP contribution in [0.4, 0.5) is 11.4 Å². The molecule has 0 fully saturated rings. The van der Waals surface area contributed by atoms with Crippen molar-refractivity contribution in [2.24, 2.45) is 0 Å². The lowest BCUT2D eigenvalue weighted by atomic mass is 10.1. The summed E-state index contributed by atoms with van der Waals surface area (Å²) in [5, 5.41) is 3.58. The van der Waals surface area contributed by atoms with Gasteiger partial charge in [0.2, 0.25) is 5.91 Å². The third-order valence-corrected chi connectivity index (χ3v) is 5.16. The summed E-state index contributed by atoms with van der Waals surface area (Å²) in [7, 11) is 0. The second-order valence-corrected chi connectivity index (χ2v) is 7.24. The largest absolute Gasteiger partial charge is 0.464 e. The number of carbonyl (C=O) groups excluding carboxylic acids is 3. The molecule has 1 aliphatic rings. The first-order valence-corrected chi connectivity index (χ1v) is 9.85. The van der Waals surface area contributed by atoms with Crippen LogP contribution < -0.4 is 10.2 Å². The van der Waals surface area contributed by atoms with Crippen molar-refractivity contribution < 1.29 is 23.5 Å². The van der Waals surface area contributed by atoms with Crippen LogP contribution in [0.2, 0.25) is 0 Å². The van der Waals surface area contributed by atoms with Gasteiger partial charge in [-0.25, -0.2) is 0 Å². The van der Waals surface area contributed by atoms with Gasteiger partial charge in [0.15, 0.2) is 6.10 Å². The summed E-state index contributed by atoms with van der Waals surface area (Å²) in [6.45, 7) is 3.45. The van der Waals surface area contributed by atoms with Crippen molar-refractivity contribution in [3.8, 4) is 0 Å². The first-order valence-electron chi connectivity index (χ1n) is 9.85. The summed E-state index contributed by atoms with van der Waals surface area (Å²) >= 11 is 0. The van der Waals surface area contributed by atoms with Crippen molar-refractivity contribution in [3.05, 3.63) is 59.9 Å². The molecule has 7 heteroatoms. The van der Waals surface area contributed by atoms with Crippen LogP contribution in [0, 0.1) is 0 Å². The predicted octanol–water partition coefficient (Wildman–Crippen LogP) is 3.45. The second kappa shape index (κ2) is 8.02. The zero-order chi connectivity index (χ0) is 21.3. The molecule has 0 radical (unpaired) electrons. The molecule has 1 atom stereocenters. The van der Waals surface area contributed by atoms with Crippen LogP contribution in [0.3, 0.4) is 0 Å². The molecule has 0 spiro atoms. The van der Waals surface area contributed by atoms with Gasteiger partial charge in [0.1, 0.15) is 12.1 Å². The molecule has 154 valence electrons. The van der Waals surface area contributed by atoms with E-state index in [0.29, 0.717) is 16.9 Å². The highest BCUT2D eigenvalue weighted by molar-refractivity contribution is 6.11. The number of esters is 1. The van der Waals surface area contributed by atoms with E-state index in [0.717, 1.165) is 23.0 Å². The van der Waals surface area contributed by atoms with E-state index in [1.54, 1.807) is 30.5 Å². The van der Waals surface area contributed by atoms with Crippen LogP contribution in [-0.4, -0.2) is 30.4 Å². The van der Waals surface area contributed by atoms with Gasteiger partial charge in [-0.05, 0) is 37.1 Å². The summed E-state index contributed by atoms with van der Waals surface area (Å²) in [6.07, 6.45) is 1.41. The minimum atomic E-state index is -1.03. The Bertz CT molecular complexity index is 1130. The molecule has 0 saturated carbocycles. The topological polar surface area (TPSA) is 88.9 Å². The van der Waals surface area contributed by atoms with Gasteiger partial charge in [0.25, 0.3) is 5.91 Å². The van der Waals surface area contributed by atoms with Gasteiger partial charge in [0, 0.05) is 10.9 Å². The molecule has 0 bridgehead atoms. The lowest BCUT2D eigenvalue weighted by Crippen LogP contribution is -2.47. The van der Waals surface area contributed by atoms with Crippen LogP contribution in [0.5, 0.6) is 0 Å². The Hall–Kier alpha value is -3.61. The number of nitrogens with zero attached hydrogens (tertiary/aromatic N) is 1. The Balaban J connectivity index is 1.45. The van der Waals surface area contributed by atoms with E-state index in [9.17, 15) is 14.4 Å². The molecular formula is C23H22N2O5. The number of anilines is 2. The molecule has 1 aliphatic heterocycles. The molecule has 0 saturated heterocycles. The van der Waals surface area contributed by atoms with Crippen molar-refractivity contribution in [1.82, 2.24) is 0 Å². The second-order valence-electron chi connectivity index (χ2n) is 7.24. The fourth-order valence-electron chi connectivity index (χ4n) is 3.58. The molecule has 2 amide bonds. The van der Waals surface area contributed by atoms with Gasteiger partial charge in [-0.3, -0.25) is 19.3 Å². The van der Waals surface area contributed by atoms with Crippen molar-refractivity contribution in [2.45, 2.75) is 32.8 Å². The van der Waals surface area contributed by atoms with Crippen molar-refractivity contribution in [2.75, 3.05) is 16.8 Å². The number of fused-ring (bicyclic) bond motifs is 2. The number of amides is 2. The lowest BCUT2D eigenvalue weighted by molar-refractivity contribution is -0.153. The molecule has 0 aliphatic carbocycles. The summed E-state index contributed by atoms with van der Waals surface area (Å²) in [4.78, 5) is 38.6. The number of ether oxygens (including phenoxy) is 1. The number of hydrogen-bond donors (Lipinski definition) is 1. The normalized spacial score (nSPS) is 14.2. The zero-order valence-electron chi connectivity index (χ0n) is 16.8. The van der Waals surface area contributed by atoms with E-state index < -0.39 is 18.0 Å². The third-order valence-electron chi connectivity index (χ3n) is 5.16.